The highest BCUT2D eigenvalue weighted by Crippen LogP contribution is 2.23. The summed E-state index contributed by atoms with van der Waals surface area (Å²) in [5.74, 6) is 1.89. The van der Waals surface area contributed by atoms with Gasteiger partial charge in [-0.15, -0.1) is 0 Å². The molecule has 0 bridgehead atoms. The molecule has 0 spiro atoms. The molecule has 0 aliphatic carbocycles. The molecule has 0 saturated heterocycles. The van der Waals surface area contributed by atoms with Gasteiger partial charge in [0.1, 0.15) is 5.15 Å². The van der Waals surface area contributed by atoms with Crippen molar-refractivity contribution in [1.82, 2.24) is 9.78 Å². The van der Waals surface area contributed by atoms with Gasteiger partial charge in [-0.25, -0.2) is 0 Å². The number of hydrogen-bond donors (Lipinski definition) is 0. The Morgan fingerprint density at radius 1 is 1.57 bits per heavy atom. The molecule has 1 aromatic heterocycles. The summed E-state index contributed by atoms with van der Waals surface area (Å²) in [4.78, 5) is 0. The van der Waals surface area contributed by atoms with Gasteiger partial charge in [0.25, 0.3) is 0 Å². The average molecular weight is 235 g/mol. The van der Waals surface area contributed by atoms with E-state index in [0.717, 1.165) is 34.5 Å². The summed E-state index contributed by atoms with van der Waals surface area (Å²) < 4.78 is 6.68. The monoisotopic (exact) mass is 234 g/mol. The molecule has 0 atom stereocenters. The van der Waals surface area contributed by atoms with Crippen molar-refractivity contribution in [2.75, 3.05) is 19.5 Å². The molecule has 80 valence electrons. The van der Waals surface area contributed by atoms with Gasteiger partial charge in [-0.3, -0.25) is 4.68 Å². The average Bonchev–Trinajstić information content (AvgIpc) is 2.38. The lowest BCUT2D eigenvalue weighted by molar-refractivity contribution is 0.218. The van der Waals surface area contributed by atoms with Crippen molar-refractivity contribution in [3.05, 3.63) is 16.4 Å². The SMILES string of the molecule is COCCSCc1c(C)nn(C)c1Cl. The molecule has 0 N–H and O–H groups in total. The third-order valence-electron chi connectivity index (χ3n) is 1.95. The molecule has 0 saturated carbocycles. The summed E-state index contributed by atoms with van der Waals surface area (Å²) in [5.41, 5.74) is 2.15. The van der Waals surface area contributed by atoms with E-state index in [2.05, 4.69) is 5.10 Å². The Morgan fingerprint density at radius 3 is 2.79 bits per heavy atom. The molecule has 1 rings (SSSR count). The van der Waals surface area contributed by atoms with E-state index in [1.807, 2.05) is 25.7 Å². The molecule has 0 fully saturated rings. The highest BCUT2D eigenvalue weighted by Gasteiger charge is 2.10. The van der Waals surface area contributed by atoms with Crippen LogP contribution in [0.5, 0.6) is 0 Å². The molecule has 0 aromatic carbocycles. The van der Waals surface area contributed by atoms with Gasteiger partial charge in [-0.2, -0.15) is 16.9 Å². The first-order valence-electron chi connectivity index (χ1n) is 4.41. The summed E-state index contributed by atoms with van der Waals surface area (Å²) in [6, 6.07) is 0. The molecule has 0 aliphatic rings. The third kappa shape index (κ3) is 2.90. The number of thioether (sulfide) groups is 1. The summed E-state index contributed by atoms with van der Waals surface area (Å²) in [7, 11) is 3.57. The number of methoxy groups -OCH3 is 1. The van der Waals surface area contributed by atoms with Gasteiger partial charge >= 0.3 is 0 Å². The van der Waals surface area contributed by atoms with Crippen LogP contribution < -0.4 is 0 Å². The zero-order valence-corrected chi connectivity index (χ0v) is 10.3. The van der Waals surface area contributed by atoms with Crippen molar-refractivity contribution in [2.24, 2.45) is 7.05 Å². The Hall–Kier alpha value is -0.190. The molecule has 1 heterocycles. The van der Waals surface area contributed by atoms with E-state index in [0.29, 0.717) is 0 Å². The van der Waals surface area contributed by atoms with Crippen LogP contribution in [0.2, 0.25) is 5.15 Å². The van der Waals surface area contributed by atoms with Crippen LogP contribution in [0.4, 0.5) is 0 Å². The van der Waals surface area contributed by atoms with E-state index in [9.17, 15) is 0 Å². The first-order valence-corrected chi connectivity index (χ1v) is 5.94. The predicted octanol–water partition coefficient (Wildman–Crippen LogP) is 2.26. The van der Waals surface area contributed by atoms with Crippen molar-refractivity contribution in [3.8, 4) is 0 Å². The normalized spacial score (nSPS) is 10.9. The van der Waals surface area contributed by atoms with E-state index in [1.165, 1.54) is 0 Å². The zero-order valence-electron chi connectivity index (χ0n) is 8.71. The number of halogens is 1. The minimum atomic E-state index is 0.743. The fourth-order valence-corrected chi connectivity index (χ4v) is 2.45. The Balaban J connectivity index is 2.49. The Kier molecular flexibility index (Phi) is 4.78. The number of hydrogen-bond acceptors (Lipinski definition) is 3. The van der Waals surface area contributed by atoms with Crippen LogP contribution in [-0.2, 0) is 17.5 Å². The summed E-state index contributed by atoms with van der Waals surface area (Å²) in [6.45, 7) is 2.76. The maximum Gasteiger partial charge on any atom is 0.131 e. The van der Waals surface area contributed by atoms with Gasteiger partial charge in [-0.05, 0) is 6.92 Å². The van der Waals surface area contributed by atoms with E-state index < -0.39 is 0 Å². The van der Waals surface area contributed by atoms with Crippen LogP contribution in [0.1, 0.15) is 11.3 Å². The third-order valence-corrected chi connectivity index (χ3v) is 3.37. The summed E-state index contributed by atoms with van der Waals surface area (Å²) in [5, 5.41) is 4.99. The summed E-state index contributed by atoms with van der Waals surface area (Å²) in [6.07, 6.45) is 0. The molecule has 3 nitrogen and oxygen atoms in total. The highest BCUT2D eigenvalue weighted by molar-refractivity contribution is 7.98. The number of nitrogens with zero attached hydrogens (tertiary/aromatic N) is 2. The standard InChI is InChI=1S/C9H15ClN2OS/c1-7-8(6-14-5-4-13-3)9(10)12(2)11-7/h4-6H2,1-3H3. The number of aryl methyl sites for hydroxylation is 2. The molecule has 1 aromatic rings. The van der Waals surface area contributed by atoms with Crippen LogP contribution in [0.25, 0.3) is 0 Å². The zero-order chi connectivity index (χ0) is 10.6. The van der Waals surface area contributed by atoms with E-state index >= 15 is 0 Å². The number of ether oxygens (including phenoxy) is 1. The van der Waals surface area contributed by atoms with Crippen LogP contribution >= 0.6 is 23.4 Å². The molecule has 5 heteroatoms. The van der Waals surface area contributed by atoms with Gasteiger partial charge in [0.2, 0.25) is 0 Å². The second-order valence-electron chi connectivity index (χ2n) is 3.02. The predicted molar refractivity (Wildman–Crippen MR) is 61.0 cm³/mol. The van der Waals surface area contributed by atoms with Crippen molar-refractivity contribution in [1.29, 1.82) is 0 Å². The maximum atomic E-state index is 6.08. The molecule has 0 amide bonds. The minimum absolute atomic E-state index is 0.743. The fraction of sp³-hybridized carbons (Fsp3) is 0.667. The Labute approximate surface area is 93.8 Å². The lowest BCUT2D eigenvalue weighted by Crippen LogP contribution is -1.93. The van der Waals surface area contributed by atoms with Crippen LogP contribution in [0.15, 0.2) is 0 Å². The van der Waals surface area contributed by atoms with Crippen molar-refractivity contribution in [2.45, 2.75) is 12.7 Å². The first-order chi connectivity index (χ1) is 6.66. The fourth-order valence-electron chi connectivity index (χ4n) is 1.15. The van der Waals surface area contributed by atoms with Crippen molar-refractivity contribution < 1.29 is 4.74 Å². The van der Waals surface area contributed by atoms with Gasteiger partial charge in [0.05, 0.1) is 12.3 Å². The smallest absolute Gasteiger partial charge is 0.131 e. The topological polar surface area (TPSA) is 27.1 Å². The van der Waals surface area contributed by atoms with E-state index in [1.54, 1.807) is 11.8 Å². The minimum Gasteiger partial charge on any atom is -0.384 e. The van der Waals surface area contributed by atoms with E-state index in [4.69, 9.17) is 16.3 Å². The van der Waals surface area contributed by atoms with Crippen molar-refractivity contribution in [3.63, 3.8) is 0 Å². The van der Waals surface area contributed by atoms with Gasteiger partial charge < -0.3 is 4.74 Å². The largest absolute Gasteiger partial charge is 0.384 e. The summed E-state index contributed by atoms with van der Waals surface area (Å²) >= 11 is 7.89. The number of rotatable bonds is 5. The first kappa shape index (κ1) is 11.9. The Bertz CT molecular complexity index is 301. The second kappa shape index (κ2) is 5.63. The quantitative estimate of drug-likeness (QED) is 0.732. The molecule has 0 unspecified atom stereocenters. The van der Waals surface area contributed by atoms with Gasteiger partial charge in [0, 0.05) is 31.2 Å². The molecule has 0 radical (unpaired) electrons. The molecule has 14 heavy (non-hydrogen) atoms. The lowest BCUT2D eigenvalue weighted by Gasteiger charge is -2.00. The Morgan fingerprint density at radius 2 is 2.29 bits per heavy atom. The van der Waals surface area contributed by atoms with Crippen LogP contribution in [-0.4, -0.2) is 29.3 Å². The number of aromatic nitrogens is 2. The molecule has 0 aliphatic heterocycles. The van der Waals surface area contributed by atoms with Gasteiger partial charge in [-0.1, -0.05) is 11.6 Å². The second-order valence-corrected chi connectivity index (χ2v) is 4.49. The molecular formula is C9H15ClN2OS. The maximum absolute atomic E-state index is 6.08. The van der Waals surface area contributed by atoms with Gasteiger partial charge in [0.15, 0.2) is 0 Å². The lowest BCUT2D eigenvalue weighted by atomic mass is 10.3. The van der Waals surface area contributed by atoms with Crippen molar-refractivity contribution >= 4 is 23.4 Å². The van der Waals surface area contributed by atoms with E-state index in [-0.39, 0.29) is 0 Å². The van der Waals surface area contributed by atoms with Crippen LogP contribution in [0, 0.1) is 6.92 Å². The molecular weight excluding hydrogens is 220 g/mol. The highest BCUT2D eigenvalue weighted by atomic mass is 35.5. The van der Waals surface area contributed by atoms with Crippen LogP contribution in [0.3, 0.4) is 0 Å².